The number of hydrogen-bond donors (Lipinski definition) is 1. The fourth-order valence-corrected chi connectivity index (χ4v) is 2.64. The zero-order valence-electron chi connectivity index (χ0n) is 9.40. The smallest absolute Gasteiger partial charge is 0.124 e. The van der Waals surface area contributed by atoms with Gasteiger partial charge >= 0.3 is 0 Å². The summed E-state index contributed by atoms with van der Waals surface area (Å²) in [5.74, 6) is -0.202. The summed E-state index contributed by atoms with van der Waals surface area (Å²) in [6, 6.07) is 14.7. The molecule has 2 rings (SSSR count). The van der Waals surface area contributed by atoms with Gasteiger partial charge < -0.3 is 5.73 Å². The Bertz CT molecular complexity index is 499. The third-order valence-electron chi connectivity index (χ3n) is 2.41. The molecule has 2 aromatic rings. The van der Waals surface area contributed by atoms with Gasteiger partial charge in [0.05, 0.1) is 0 Å². The monoisotopic (exact) mass is 247 g/mol. The molecule has 0 aliphatic rings. The molecule has 0 unspecified atom stereocenters. The molecule has 0 saturated carbocycles. The van der Waals surface area contributed by atoms with Crippen LogP contribution >= 0.6 is 11.8 Å². The van der Waals surface area contributed by atoms with E-state index >= 15 is 0 Å². The van der Waals surface area contributed by atoms with Gasteiger partial charge in [0.2, 0.25) is 0 Å². The topological polar surface area (TPSA) is 26.0 Å². The van der Waals surface area contributed by atoms with Gasteiger partial charge in [-0.25, -0.2) is 4.39 Å². The predicted molar refractivity (Wildman–Crippen MR) is 69.7 cm³/mol. The maximum atomic E-state index is 13.1. The first-order valence-corrected chi connectivity index (χ1v) is 6.32. The van der Waals surface area contributed by atoms with Crippen LogP contribution in [0.15, 0.2) is 58.3 Å². The Hall–Kier alpha value is -1.32. The quantitative estimate of drug-likeness (QED) is 0.895. The molecule has 0 aliphatic heterocycles. The minimum absolute atomic E-state index is 0.202. The van der Waals surface area contributed by atoms with Gasteiger partial charge in [0.15, 0.2) is 0 Å². The Balaban J connectivity index is 2.23. The third kappa shape index (κ3) is 3.32. The van der Waals surface area contributed by atoms with Crippen LogP contribution in [0, 0.1) is 5.82 Å². The van der Waals surface area contributed by atoms with Crippen LogP contribution in [0.2, 0.25) is 0 Å². The van der Waals surface area contributed by atoms with Gasteiger partial charge in [-0.05, 0) is 42.8 Å². The summed E-state index contributed by atoms with van der Waals surface area (Å²) < 4.78 is 13.1. The van der Waals surface area contributed by atoms with Gasteiger partial charge in [0.25, 0.3) is 0 Å². The van der Waals surface area contributed by atoms with Crippen LogP contribution in [0.1, 0.15) is 5.56 Å². The summed E-state index contributed by atoms with van der Waals surface area (Å²) in [4.78, 5) is 2.05. The van der Waals surface area contributed by atoms with Crippen LogP contribution in [0.4, 0.5) is 4.39 Å². The van der Waals surface area contributed by atoms with E-state index < -0.39 is 0 Å². The molecule has 2 N–H and O–H groups in total. The first kappa shape index (κ1) is 12.1. The molecule has 0 aromatic heterocycles. The van der Waals surface area contributed by atoms with Crippen molar-refractivity contribution >= 4 is 11.8 Å². The van der Waals surface area contributed by atoms with Gasteiger partial charge in [-0.1, -0.05) is 36.0 Å². The van der Waals surface area contributed by atoms with Gasteiger partial charge in [-0.3, -0.25) is 0 Å². The fraction of sp³-hybridized carbons (Fsp3) is 0.143. The van der Waals surface area contributed by atoms with Crippen LogP contribution < -0.4 is 5.73 Å². The van der Waals surface area contributed by atoms with Gasteiger partial charge in [-0.2, -0.15) is 0 Å². The van der Waals surface area contributed by atoms with Crippen molar-refractivity contribution in [3.8, 4) is 0 Å². The van der Waals surface area contributed by atoms with Gasteiger partial charge in [0, 0.05) is 9.79 Å². The highest BCUT2D eigenvalue weighted by Gasteiger charge is 2.03. The van der Waals surface area contributed by atoms with Crippen LogP contribution in [0.3, 0.4) is 0 Å². The van der Waals surface area contributed by atoms with E-state index in [0.717, 1.165) is 16.2 Å². The number of hydrogen-bond acceptors (Lipinski definition) is 2. The molecule has 3 heteroatoms. The highest BCUT2D eigenvalue weighted by atomic mass is 32.2. The zero-order chi connectivity index (χ0) is 12.1. The van der Waals surface area contributed by atoms with Crippen LogP contribution in [-0.2, 0) is 6.42 Å². The molecule has 2 aromatic carbocycles. The summed E-state index contributed by atoms with van der Waals surface area (Å²) in [5, 5.41) is 0. The highest BCUT2D eigenvalue weighted by Crippen LogP contribution is 2.30. The molecule has 0 atom stereocenters. The normalized spacial score (nSPS) is 10.5. The molecular weight excluding hydrogens is 233 g/mol. The summed E-state index contributed by atoms with van der Waals surface area (Å²) >= 11 is 1.57. The summed E-state index contributed by atoms with van der Waals surface area (Å²) in [7, 11) is 0. The fourth-order valence-electron chi connectivity index (χ4n) is 1.62. The van der Waals surface area contributed by atoms with Crippen LogP contribution in [0.25, 0.3) is 0 Å². The number of halogens is 1. The Kier molecular flexibility index (Phi) is 4.18. The van der Waals surface area contributed by atoms with Crippen molar-refractivity contribution in [3.05, 3.63) is 59.9 Å². The number of nitrogens with two attached hydrogens (primary N) is 1. The van der Waals surface area contributed by atoms with E-state index in [4.69, 9.17) is 5.73 Å². The van der Waals surface area contributed by atoms with Gasteiger partial charge in [0.1, 0.15) is 5.82 Å². The van der Waals surface area contributed by atoms with E-state index in [1.165, 1.54) is 11.6 Å². The minimum atomic E-state index is -0.202. The van der Waals surface area contributed by atoms with E-state index in [2.05, 4.69) is 6.07 Å². The van der Waals surface area contributed by atoms with Crippen LogP contribution in [0.5, 0.6) is 0 Å². The third-order valence-corrected chi connectivity index (χ3v) is 3.52. The first-order valence-electron chi connectivity index (χ1n) is 5.51. The number of rotatable bonds is 4. The minimum Gasteiger partial charge on any atom is -0.330 e. The Labute approximate surface area is 105 Å². The Morgan fingerprint density at radius 2 is 1.88 bits per heavy atom. The lowest BCUT2D eigenvalue weighted by atomic mass is 10.1. The van der Waals surface area contributed by atoms with E-state index in [-0.39, 0.29) is 5.82 Å². The lowest BCUT2D eigenvalue weighted by Crippen LogP contribution is -2.03. The molecule has 17 heavy (non-hydrogen) atoms. The van der Waals surface area contributed by atoms with Crippen molar-refractivity contribution in [2.75, 3.05) is 6.54 Å². The molecule has 0 heterocycles. The molecule has 0 spiro atoms. The van der Waals surface area contributed by atoms with E-state index in [1.807, 2.05) is 24.3 Å². The average Bonchev–Trinajstić information content (AvgIpc) is 2.32. The lowest BCUT2D eigenvalue weighted by Gasteiger charge is -2.07. The predicted octanol–water partition coefficient (Wildman–Crippen LogP) is 3.48. The standard InChI is InChI=1S/C14H14FNS/c15-12-5-3-6-13(10-12)17-14-7-2-1-4-11(14)8-9-16/h1-7,10H,8-9,16H2. The zero-order valence-corrected chi connectivity index (χ0v) is 10.2. The second-order valence-corrected chi connectivity index (χ2v) is 4.82. The Morgan fingerprint density at radius 3 is 2.65 bits per heavy atom. The van der Waals surface area contributed by atoms with E-state index in [1.54, 1.807) is 23.9 Å². The van der Waals surface area contributed by atoms with Crippen LogP contribution in [-0.4, -0.2) is 6.54 Å². The van der Waals surface area contributed by atoms with Crippen molar-refractivity contribution < 1.29 is 4.39 Å². The van der Waals surface area contributed by atoms with Crippen molar-refractivity contribution in [1.29, 1.82) is 0 Å². The first-order chi connectivity index (χ1) is 8.29. The van der Waals surface area contributed by atoms with Crippen molar-refractivity contribution in [3.63, 3.8) is 0 Å². The molecule has 1 nitrogen and oxygen atoms in total. The lowest BCUT2D eigenvalue weighted by molar-refractivity contribution is 0.624. The highest BCUT2D eigenvalue weighted by molar-refractivity contribution is 7.99. The van der Waals surface area contributed by atoms with Crippen molar-refractivity contribution in [1.82, 2.24) is 0 Å². The van der Waals surface area contributed by atoms with Crippen molar-refractivity contribution in [2.24, 2.45) is 5.73 Å². The second-order valence-electron chi connectivity index (χ2n) is 3.71. The molecule has 0 amide bonds. The SMILES string of the molecule is NCCc1ccccc1Sc1cccc(F)c1. The van der Waals surface area contributed by atoms with E-state index in [9.17, 15) is 4.39 Å². The van der Waals surface area contributed by atoms with Crippen molar-refractivity contribution in [2.45, 2.75) is 16.2 Å². The molecule has 0 fully saturated rings. The summed E-state index contributed by atoms with van der Waals surface area (Å²) in [6.45, 7) is 0.626. The van der Waals surface area contributed by atoms with Gasteiger partial charge in [-0.15, -0.1) is 0 Å². The molecule has 88 valence electrons. The summed E-state index contributed by atoms with van der Waals surface area (Å²) in [6.07, 6.45) is 0.846. The maximum absolute atomic E-state index is 13.1. The van der Waals surface area contributed by atoms with E-state index in [0.29, 0.717) is 6.54 Å². The molecule has 0 bridgehead atoms. The largest absolute Gasteiger partial charge is 0.330 e. The molecule has 0 aliphatic carbocycles. The molecule has 0 radical (unpaired) electrons. The average molecular weight is 247 g/mol. The number of benzene rings is 2. The molecular formula is C14H14FNS. The summed E-state index contributed by atoms with van der Waals surface area (Å²) in [5.41, 5.74) is 6.79. The second kappa shape index (κ2) is 5.84. The molecule has 0 saturated heterocycles. The Morgan fingerprint density at radius 1 is 1.06 bits per heavy atom. The maximum Gasteiger partial charge on any atom is 0.124 e.